The van der Waals surface area contributed by atoms with Gasteiger partial charge in [0.05, 0.1) is 18.8 Å². The van der Waals surface area contributed by atoms with E-state index < -0.39 is 5.69 Å². The van der Waals surface area contributed by atoms with E-state index in [9.17, 15) is 14.4 Å². The highest BCUT2D eigenvalue weighted by atomic mass is 16.5. The molecule has 3 rings (SSSR count). The second-order valence-electron chi connectivity index (χ2n) is 6.35. The van der Waals surface area contributed by atoms with Crippen molar-refractivity contribution >= 4 is 5.91 Å². The van der Waals surface area contributed by atoms with Crippen LogP contribution in [-0.4, -0.2) is 45.2 Å². The van der Waals surface area contributed by atoms with Crippen molar-refractivity contribution in [3.8, 4) is 0 Å². The smallest absolute Gasteiger partial charge is 0.331 e. The maximum Gasteiger partial charge on any atom is 0.331 e. The van der Waals surface area contributed by atoms with Crippen molar-refractivity contribution in [2.45, 2.75) is 31.8 Å². The molecule has 0 radical (unpaired) electrons. The average molecular weight is 307 g/mol. The Bertz CT molecular complexity index is 703. The molecular formula is C15H21N3O4. The Kier molecular flexibility index (Phi) is 3.68. The van der Waals surface area contributed by atoms with Crippen LogP contribution in [0, 0.1) is 5.92 Å². The van der Waals surface area contributed by atoms with Gasteiger partial charge in [0.15, 0.2) is 0 Å². The molecule has 0 spiro atoms. The van der Waals surface area contributed by atoms with Crippen molar-refractivity contribution in [1.82, 2.24) is 14.0 Å². The number of hydrogen-bond donors (Lipinski definition) is 0. The lowest BCUT2D eigenvalue weighted by Crippen LogP contribution is -2.59. The summed E-state index contributed by atoms with van der Waals surface area (Å²) in [6.07, 6.45) is 3.62. The molecule has 1 aliphatic heterocycles. The van der Waals surface area contributed by atoms with Gasteiger partial charge >= 0.3 is 5.69 Å². The van der Waals surface area contributed by atoms with E-state index in [1.54, 1.807) is 0 Å². The van der Waals surface area contributed by atoms with Crippen LogP contribution >= 0.6 is 0 Å². The molecule has 0 aromatic carbocycles. The van der Waals surface area contributed by atoms with E-state index in [-0.39, 0.29) is 23.6 Å². The summed E-state index contributed by atoms with van der Waals surface area (Å²) in [6, 6.07) is 1.30. The molecule has 0 N–H and O–H groups in total. The van der Waals surface area contributed by atoms with Gasteiger partial charge < -0.3 is 9.64 Å². The summed E-state index contributed by atoms with van der Waals surface area (Å²) in [4.78, 5) is 38.0. The predicted molar refractivity (Wildman–Crippen MR) is 79.6 cm³/mol. The van der Waals surface area contributed by atoms with Gasteiger partial charge in [0, 0.05) is 25.9 Å². The summed E-state index contributed by atoms with van der Waals surface area (Å²) in [5.74, 6) is 0.382. The summed E-state index contributed by atoms with van der Waals surface area (Å²) in [6.45, 7) is 3.63. The Hall–Kier alpha value is -1.89. The minimum absolute atomic E-state index is 0.0464. The Morgan fingerprint density at radius 2 is 2.14 bits per heavy atom. The van der Waals surface area contributed by atoms with Crippen LogP contribution in [0.3, 0.4) is 0 Å². The van der Waals surface area contributed by atoms with Crippen LogP contribution in [0.5, 0.6) is 0 Å². The van der Waals surface area contributed by atoms with E-state index in [2.05, 4.69) is 6.92 Å². The van der Waals surface area contributed by atoms with Crippen molar-refractivity contribution in [2.24, 2.45) is 13.0 Å². The molecule has 1 aromatic rings. The monoisotopic (exact) mass is 307 g/mol. The molecule has 0 bridgehead atoms. The van der Waals surface area contributed by atoms with E-state index in [4.69, 9.17) is 4.74 Å². The van der Waals surface area contributed by atoms with E-state index in [0.717, 1.165) is 17.4 Å². The SMILES string of the molecule is Cn1c(=O)ccn(CC(=O)N2CCOCC2(C)C2CC2)c1=O. The van der Waals surface area contributed by atoms with Gasteiger partial charge in [0.25, 0.3) is 5.56 Å². The second-order valence-corrected chi connectivity index (χ2v) is 6.35. The quantitative estimate of drug-likeness (QED) is 0.760. The minimum atomic E-state index is -0.470. The largest absolute Gasteiger partial charge is 0.377 e. The predicted octanol–water partition coefficient (Wildman–Crippen LogP) is -0.425. The van der Waals surface area contributed by atoms with Crippen LogP contribution in [-0.2, 0) is 23.1 Å². The van der Waals surface area contributed by atoms with Gasteiger partial charge in [0.2, 0.25) is 5.91 Å². The summed E-state index contributed by atoms with van der Waals surface area (Å²) in [5.41, 5.74) is -1.12. The first-order valence-electron chi connectivity index (χ1n) is 7.58. The fourth-order valence-corrected chi connectivity index (χ4v) is 3.19. The molecule has 7 nitrogen and oxygen atoms in total. The zero-order chi connectivity index (χ0) is 15.9. The molecule has 1 aromatic heterocycles. The highest BCUT2D eigenvalue weighted by Gasteiger charge is 2.49. The summed E-state index contributed by atoms with van der Waals surface area (Å²) < 4.78 is 7.86. The zero-order valence-corrected chi connectivity index (χ0v) is 12.9. The lowest BCUT2D eigenvalue weighted by Gasteiger charge is -2.45. The van der Waals surface area contributed by atoms with E-state index in [1.807, 2.05) is 4.90 Å². The second kappa shape index (κ2) is 5.39. The molecule has 2 aliphatic rings. The average Bonchev–Trinajstić information content (AvgIpc) is 3.33. The lowest BCUT2D eigenvalue weighted by atomic mass is 9.93. The number of morpholine rings is 1. The maximum absolute atomic E-state index is 12.7. The third-order valence-corrected chi connectivity index (χ3v) is 4.79. The van der Waals surface area contributed by atoms with Gasteiger partial charge in [-0.25, -0.2) is 4.79 Å². The van der Waals surface area contributed by atoms with E-state index in [1.165, 1.54) is 23.9 Å². The molecule has 2 heterocycles. The Morgan fingerprint density at radius 1 is 1.41 bits per heavy atom. The zero-order valence-electron chi connectivity index (χ0n) is 12.9. The molecule has 1 amide bonds. The van der Waals surface area contributed by atoms with Crippen molar-refractivity contribution in [3.05, 3.63) is 33.1 Å². The summed E-state index contributed by atoms with van der Waals surface area (Å²) in [7, 11) is 1.41. The number of nitrogens with zero attached hydrogens (tertiary/aromatic N) is 3. The van der Waals surface area contributed by atoms with Crippen LogP contribution in [0.1, 0.15) is 19.8 Å². The van der Waals surface area contributed by atoms with Gasteiger partial charge in [-0.05, 0) is 25.7 Å². The Morgan fingerprint density at radius 3 is 2.82 bits per heavy atom. The number of rotatable bonds is 3. The topological polar surface area (TPSA) is 73.5 Å². The molecular weight excluding hydrogens is 286 g/mol. The van der Waals surface area contributed by atoms with Crippen LogP contribution in [0.4, 0.5) is 0 Å². The van der Waals surface area contributed by atoms with E-state index in [0.29, 0.717) is 25.7 Å². The molecule has 2 fully saturated rings. The van der Waals surface area contributed by atoms with Gasteiger partial charge in [-0.2, -0.15) is 0 Å². The van der Waals surface area contributed by atoms with Crippen molar-refractivity contribution in [2.75, 3.05) is 19.8 Å². The fraction of sp³-hybridized carbons (Fsp3) is 0.667. The maximum atomic E-state index is 12.7. The highest BCUT2D eigenvalue weighted by molar-refractivity contribution is 5.77. The van der Waals surface area contributed by atoms with Crippen molar-refractivity contribution in [1.29, 1.82) is 0 Å². The number of aromatic nitrogens is 2. The highest BCUT2D eigenvalue weighted by Crippen LogP contribution is 2.44. The van der Waals surface area contributed by atoms with E-state index >= 15 is 0 Å². The Labute approximate surface area is 128 Å². The van der Waals surface area contributed by atoms with Crippen LogP contribution in [0.2, 0.25) is 0 Å². The minimum Gasteiger partial charge on any atom is -0.377 e. The molecule has 1 aliphatic carbocycles. The molecule has 1 saturated heterocycles. The van der Waals surface area contributed by atoms with Crippen LogP contribution in [0.25, 0.3) is 0 Å². The first-order valence-corrected chi connectivity index (χ1v) is 7.58. The summed E-state index contributed by atoms with van der Waals surface area (Å²) >= 11 is 0. The van der Waals surface area contributed by atoms with Crippen molar-refractivity contribution in [3.63, 3.8) is 0 Å². The van der Waals surface area contributed by atoms with Gasteiger partial charge in [0.1, 0.15) is 6.54 Å². The number of carbonyl (C=O) groups is 1. The summed E-state index contributed by atoms with van der Waals surface area (Å²) in [5, 5.41) is 0. The molecule has 120 valence electrons. The van der Waals surface area contributed by atoms with Gasteiger partial charge in [-0.15, -0.1) is 0 Å². The van der Waals surface area contributed by atoms with Gasteiger partial charge in [-0.1, -0.05) is 0 Å². The number of ether oxygens (including phenoxy) is 1. The van der Waals surface area contributed by atoms with Gasteiger partial charge in [-0.3, -0.25) is 18.7 Å². The molecule has 22 heavy (non-hydrogen) atoms. The fourth-order valence-electron chi connectivity index (χ4n) is 3.19. The van der Waals surface area contributed by atoms with Crippen molar-refractivity contribution < 1.29 is 9.53 Å². The van der Waals surface area contributed by atoms with Crippen LogP contribution in [0.15, 0.2) is 21.9 Å². The molecule has 1 unspecified atom stereocenters. The third kappa shape index (κ3) is 2.49. The standard InChI is InChI=1S/C15H21N3O4/c1-15(11-3-4-11)10-22-8-7-18(15)13(20)9-17-6-5-12(19)16(2)14(17)21/h5-6,11H,3-4,7-10H2,1-2H3. The Balaban J connectivity index is 1.83. The lowest BCUT2D eigenvalue weighted by molar-refractivity contribution is -0.150. The molecule has 1 saturated carbocycles. The van der Waals surface area contributed by atoms with Crippen LogP contribution < -0.4 is 11.2 Å². The third-order valence-electron chi connectivity index (χ3n) is 4.79. The first-order chi connectivity index (χ1) is 10.4. The number of carbonyl (C=O) groups excluding carboxylic acids is 1. The normalized spacial score (nSPS) is 25.3. The number of hydrogen-bond acceptors (Lipinski definition) is 4. The molecule has 1 atom stereocenters. The molecule has 7 heteroatoms. The number of amides is 1. The first kappa shape index (κ1) is 15.0.